The number of hydrogen-bond donors (Lipinski definition) is 2. The van der Waals surface area contributed by atoms with Crippen molar-refractivity contribution in [3.63, 3.8) is 0 Å². The highest BCUT2D eigenvalue weighted by Crippen LogP contribution is 2.17. The number of benzene rings is 2. The van der Waals surface area contributed by atoms with Gasteiger partial charge in [-0.3, -0.25) is 4.79 Å². The minimum Gasteiger partial charge on any atom is -0.388 e. The lowest BCUT2D eigenvalue weighted by Crippen LogP contribution is -2.35. The first-order valence-electron chi connectivity index (χ1n) is 7.32. The predicted octanol–water partition coefficient (Wildman–Crippen LogP) is 3.00. The van der Waals surface area contributed by atoms with Crippen LogP contribution in [0, 0.1) is 5.82 Å². The monoisotopic (exact) mass is 301 g/mol. The van der Waals surface area contributed by atoms with Gasteiger partial charge in [0, 0.05) is 6.04 Å². The molecule has 2 rings (SSSR count). The van der Waals surface area contributed by atoms with Gasteiger partial charge in [-0.15, -0.1) is 0 Å². The summed E-state index contributed by atoms with van der Waals surface area (Å²) in [5.41, 5.74) is 1.19. The van der Waals surface area contributed by atoms with E-state index in [1.54, 1.807) is 18.2 Å². The van der Waals surface area contributed by atoms with Crippen LogP contribution >= 0.6 is 0 Å². The van der Waals surface area contributed by atoms with Gasteiger partial charge in [0.05, 0.1) is 12.5 Å². The summed E-state index contributed by atoms with van der Waals surface area (Å²) in [4.78, 5) is 11.9. The molecule has 0 heterocycles. The molecule has 1 amide bonds. The van der Waals surface area contributed by atoms with Gasteiger partial charge in [-0.2, -0.15) is 0 Å². The van der Waals surface area contributed by atoms with Crippen LogP contribution in [-0.4, -0.2) is 17.1 Å². The van der Waals surface area contributed by atoms with E-state index in [0.29, 0.717) is 12.0 Å². The van der Waals surface area contributed by atoms with E-state index in [0.717, 1.165) is 5.56 Å². The molecular weight excluding hydrogens is 281 g/mol. The van der Waals surface area contributed by atoms with Crippen molar-refractivity contribution < 1.29 is 14.3 Å². The smallest absolute Gasteiger partial charge is 0.224 e. The Bertz CT molecular complexity index is 615. The Balaban J connectivity index is 1.85. The summed E-state index contributed by atoms with van der Waals surface area (Å²) in [6.07, 6.45) is -0.226. The normalized spacial score (nSPS) is 13.4. The minimum atomic E-state index is -0.634. The Kier molecular flexibility index (Phi) is 5.67. The Labute approximate surface area is 129 Å². The van der Waals surface area contributed by atoms with Gasteiger partial charge in [-0.05, 0) is 30.5 Å². The molecule has 0 aliphatic rings. The van der Waals surface area contributed by atoms with Crippen LogP contribution in [0.2, 0.25) is 0 Å². The van der Waals surface area contributed by atoms with Crippen molar-refractivity contribution in [3.8, 4) is 0 Å². The van der Waals surface area contributed by atoms with Crippen LogP contribution in [0.25, 0.3) is 0 Å². The van der Waals surface area contributed by atoms with Crippen molar-refractivity contribution in [1.29, 1.82) is 0 Å². The van der Waals surface area contributed by atoms with Gasteiger partial charge in [0.25, 0.3) is 0 Å². The molecular formula is C18H20FNO2. The number of nitrogens with one attached hydrogen (secondary N) is 1. The van der Waals surface area contributed by atoms with Gasteiger partial charge >= 0.3 is 0 Å². The fourth-order valence-corrected chi connectivity index (χ4v) is 2.35. The SMILES string of the molecule is CC(CC(O)c1ccccc1)NC(=O)Cc1ccccc1F. The average Bonchev–Trinajstić information content (AvgIpc) is 2.50. The zero-order valence-electron chi connectivity index (χ0n) is 12.5. The van der Waals surface area contributed by atoms with E-state index in [2.05, 4.69) is 5.32 Å². The summed E-state index contributed by atoms with van der Waals surface area (Å²) in [5, 5.41) is 12.9. The van der Waals surface area contributed by atoms with E-state index in [9.17, 15) is 14.3 Å². The van der Waals surface area contributed by atoms with Crippen LogP contribution in [0.4, 0.5) is 4.39 Å². The van der Waals surface area contributed by atoms with Gasteiger partial charge in [0.1, 0.15) is 5.82 Å². The fraction of sp³-hybridized carbons (Fsp3) is 0.278. The average molecular weight is 301 g/mol. The van der Waals surface area contributed by atoms with E-state index in [1.807, 2.05) is 37.3 Å². The largest absolute Gasteiger partial charge is 0.388 e. The molecule has 0 aliphatic carbocycles. The predicted molar refractivity (Wildman–Crippen MR) is 83.7 cm³/mol. The summed E-state index contributed by atoms with van der Waals surface area (Å²) in [7, 11) is 0. The summed E-state index contributed by atoms with van der Waals surface area (Å²) in [6.45, 7) is 1.82. The lowest BCUT2D eigenvalue weighted by Gasteiger charge is -2.18. The van der Waals surface area contributed by atoms with Crippen molar-refractivity contribution >= 4 is 5.91 Å². The first-order chi connectivity index (χ1) is 10.6. The third-order valence-electron chi connectivity index (χ3n) is 3.48. The molecule has 3 nitrogen and oxygen atoms in total. The van der Waals surface area contributed by atoms with Crippen LogP contribution in [0.3, 0.4) is 0 Å². The van der Waals surface area contributed by atoms with Crippen LogP contribution in [0.5, 0.6) is 0 Å². The Morgan fingerprint density at radius 3 is 2.45 bits per heavy atom. The van der Waals surface area contributed by atoms with Crippen LogP contribution in [-0.2, 0) is 11.2 Å². The summed E-state index contributed by atoms with van der Waals surface area (Å²) < 4.78 is 13.5. The highest BCUT2D eigenvalue weighted by atomic mass is 19.1. The van der Waals surface area contributed by atoms with Crippen molar-refractivity contribution in [1.82, 2.24) is 5.32 Å². The first kappa shape index (κ1) is 16.2. The van der Waals surface area contributed by atoms with Crippen LogP contribution in [0.15, 0.2) is 54.6 Å². The van der Waals surface area contributed by atoms with Crippen molar-refractivity contribution in [2.45, 2.75) is 31.9 Å². The van der Waals surface area contributed by atoms with Crippen molar-refractivity contribution in [2.24, 2.45) is 0 Å². The summed E-state index contributed by atoms with van der Waals surface area (Å²) in [6, 6.07) is 15.3. The molecule has 116 valence electrons. The molecule has 0 saturated heterocycles. The van der Waals surface area contributed by atoms with E-state index in [1.165, 1.54) is 6.07 Å². The maximum absolute atomic E-state index is 13.5. The van der Waals surface area contributed by atoms with Gasteiger partial charge in [-0.1, -0.05) is 48.5 Å². The lowest BCUT2D eigenvalue weighted by atomic mass is 10.0. The minimum absolute atomic E-state index is 0.00154. The molecule has 2 aromatic carbocycles. The quantitative estimate of drug-likeness (QED) is 0.861. The van der Waals surface area contributed by atoms with Crippen LogP contribution in [0.1, 0.15) is 30.6 Å². The first-order valence-corrected chi connectivity index (χ1v) is 7.32. The molecule has 0 spiro atoms. The molecule has 2 N–H and O–H groups in total. The molecule has 0 radical (unpaired) electrons. The maximum atomic E-state index is 13.5. The standard InChI is InChI=1S/C18H20FNO2/c1-13(11-17(21)14-7-3-2-4-8-14)20-18(22)12-15-9-5-6-10-16(15)19/h2-10,13,17,21H,11-12H2,1H3,(H,20,22). The van der Waals surface area contributed by atoms with Crippen molar-refractivity contribution in [2.75, 3.05) is 0 Å². The molecule has 2 aromatic rings. The lowest BCUT2D eigenvalue weighted by molar-refractivity contribution is -0.121. The van der Waals surface area contributed by atoms with E-state index in [-0.39, 0.29) is 24.2 Å². The highest BCUT2D eigenvalue weighted by molar-refractivity contribution is 5.78. The van der Waals surface area contributed by atoms with Gasteiger partial charge < -0.3 is 10.4 Å². The maximum Gasteiger partial charge on any atom is 0.224 e. The molecule has 4 heteroatoms. The number of carbonyl (C=O) groups is 1. The molecule has 0 saturated carbocycles. The number of carbonyl (C=O) groups excluding carboxylic acids is 1. The summed E-state index contributed by atoms with van der Waals surface area (Å²) >= 11 is 0. The fourth-order valence-electron chi connectivity index (χ4n) is 2.35. The number of amides is 1. The third-order valence-corrected chi connectivity index (χ3v) is 3.48. The van der Waals surface area contributed by atoms with E-state index >= 15 is 0 Å². The molecule has 2 unspecified atom stereocenters. The van der Waals surface area contributed by atoms with Gasteiger partial charge in [-0.25, -0.2) is 4.39 Å². The second-order valence-corrected chi connectivity index (χ2v) is 5.40. The van der Waals surface area contributed by atoms with Crippen LogP contribution < -0.4 is 5.32 Å². The van der Waals surface area contributed by atoms with Gasteiger partial charge in [0.15, 0.2) is 0 Å². The Hall–Kier alpha value is -2.20. The zero-order valence-corrected chi connectivity index (χ0v) is 12.5. The number of hydrogen-bond acceptors (Lipinski definition) is 2. The molecule has 0 aromatic heterocycles. The Morgan fingerprint density at radius 2 is 1.77 bits per heavy atom. The zero-order chi connectivity index (χ0) is 15.9. The van der Waals surface area contributed by atoms with Crippen molar-refractivity contribution in [3.05, 3.63) is 71.5 Å². The second-order valence-electron chi connectivity index (χ2n) is 5.40. The number of aliphatic hydroxyl groups excluding tert-OH is 1. The van der Waals surface area contributed by atoms with E-state index < -0.39 is 6.10 Å². The molecule has 0 aliphatic heterocycles. The highest BCUT2D eigenvalue weighted by Gasteiger charge is 2.15. The molecule has 22 heavy (non-hydrogen) atoms. The molecule has 0 bridgehead atoms. The number of rotatable bonds is 6. The second kappa shape index (κ2) is 7.71. The Morgan fingerprint density at radius 1 is 1.14 bits per heavy atom. The number of aliphatic hydroxyl groups is 1. The number of halogens is 1. The van der Waals surface area contributed by atoms with E-state index in [4.69, 9.17) is 0 Å². The summed E-state index contributed by atoms with van der Waals surface area (Å²) in [5.74, 6) is -0.632. The van der Waals surface area contributed by atoms with Gasteiger partial charge in [0.2, 0.25) is 5.91 Å². The molecule has 0 fully saturated rings. The molecule has 2 atom stereocenters. The topological polar surface area (TPSA) is 49.3 Å². The third kappa shape index (κ3) is 4.67.